The molecule has 0 aromatic heterocycles. The van der Waals surface area contributed by atoms with Gasteiger partial charge in [-0.15, -0.1) is 11.8 Å². The Morgan fingerprint density at radius 3 is 2.48 bits per heavy atom. The zero-order valence-corrected chi connectivity index (χ0v) is 16.1. The molecule has 0 aliphatic carbocycles. The molecule has 7 heteroatoms. The average molecular weight is 385 g/mol. The number of carbonyl (C=O) groups is 2. The van der Waals surface area contributed by atoms with Gasteiger partial charge in [0, 0.05) is 18.0 Å². The summed E-state index contributed by atoms with van der Waals surface area (Å²) in [4.78, 5) is 29.5. The second kappa shape index (κ2) is 8.45. The van der Waals surface area contributed by atoms with Crippen molar-refractivity contribution in [1.82, 2.24) is 10.2 Å². The van der Waals surface area contributed by atoms with Crippen molar-refractivity contribution in [3.63, 3.8) is 0 Å². The van der Waals surface area contributed by atoms with Gasteiger partial charge in [-0.25, -0.2) is 4.79 Å². The Hall–Kier alpha value is -2.51. The first-order valence-electron chi connectivity index (χ1n) is 8.73. The maximum Gasteiger partial charge on any atom is 0.405 e. The van der Waals surface area contributed by atoms with Crippen LogP contribution in [0.4, 0.5) is 10.5 Å². The molecule has 3 rings (SSSR count). The molecule has 2 N–H and O–H groups in total. The standard InChI is InChI=1S/C20H23N3O3S/c1-22(2)12-13-23-15-10-6-7-11-16(15)27-18(14-8-4-3-5-9-14)17(19(23)24)21-20(25)26/h3-11,17-18,21H,12-13H2,1-2H3,(H,25,26)/t17-,18-/m0/s1. The lowest BCUT2D eigenvalue weighted by molar-refractivity contribution is -0.120. The van der Waals surface area contributed by atoms with Crippen LogP contribution in [0.3, 0.4) is 0 Å². The first-order valence-corrected chi connectivity index (χ1v) is 9.61. The number of rotatable bonds is 5. The van der Waals surface area contributed by atoms with Crippen LogP contribution in [0, 0.1) is 0 Å². The highest BCUT2D eigenvalue weighted by atomic mass is 32.2. The maximum atomic E-state index is 13.4. The minimum Gasteiger partial charge on any atom is -0.465 e. The quantitative estimate of drug-likeness (QED) is 0.828. The zero-order valence-electron chi connectivity index (χ0n) is 15.3. The molecule has 2 aromatic rings. The third kappa shape index (κ3) is 4.43. The number of fused-ring (bicyclic) bond motifs is 1. The smallest absolute Gasteiger partial charge is 0.405 e. The fourth-order valence-electron chi connectivity index (χ4n) is 3.11. The normalized spacial score (nSPS) is 19.5. The highest BCUT2D eigenvalue weighted by molar-refractivity contribution is 7.99. The second-order valence-corrected chi connectivity index (χ2v) is 7.82. The van der Waals surface area contributed by atoms with Gasteiger partial charge in [-0.3, -0.25) is 4.79 Å². The fourth-order valence-corrected chi connectivity index (χ4v) is 4.45. The van der Waals surface area contributed by atoms with Gasteiger partial charge >= 0.3 is 6.09 Å². The van der Waals surface area contributed by atoms with Crippen LogP contribution in [0.25, 0.3) is 0 Å². The van der Waals surface area contributed by atoms with Gasteiger partial charge in [0.25, 0.3) is 5.91 Å². The third-order valence-electron chi connectivity index (χ3n) is 4.42. The van der Waals surface area contributed by atoms with Crippen molar-refractivity contribution in [2.24, 2.45) is 0 Å². The predicted octanol–water partition coefficient (Wildman–Crippen LogP) is 3.06. The third-order valence-corrected chi connectivity index (χ3v) is 5.82. The summed E-state index contributed by atoms with van der Waals surface area (Å²) in [7, 11) is 3.89. The van der Waals surface area contributed by atoms with Crippen molar-refractivity contribution in [3.05, 3.63) is 60.2 Å². The van der Waals surface area contributed by atoms with Crippen LogP contribution in [0.2, 0.25) is 0 Å². The number of benzene rings is 2. The van der Waals surface area contributed by atoms with Crippen LogP contribution < -0.4 is 10.2 Å². The van der Waals surface area contributed by atoms with Crippen molar-refractivity contribution >= 4 is 29.4 Å². The summed E-state index contributed by atoms with van der Waals surface area (Å²) in [5.41, 5.74) is 1.74. The molecule has 27 heavy (non-hydrogen) atoms. The summed E-state index contributed by atoms with van der Waals surface area (Å²) < 4.78 is 0. The van der Waals surface area contributed by atoms with Crippen molar-refractivity contribution in [2.75, 3.05) is 32.1 Å². The van der Waals surface area contributed by atoms with Crippen LogP contribution >= 0.6 is 11.8 Å². The lowest BCUT2D eigenvalue weighted by Gasteiger charge is -2.28. The van der Waals surface area contributed by atoms with Crippen LogP contribution in [0.5, 0.6) is 0 Å². The summed E-state index contributed by atoms with van der Waals surface area (Å²) >= 11 is 1.52. The van der Waals surface area contributed by atoms with E-state index in [1.165, 1.54) is 11.8 Å². The Bertz CT molecular complexity index is 813. The largest absolute Gasteiger partial charge is 0.465 e. The van der Waals surface area contributed by atoms with Gasteiger partial charge in [-0.1, -0.05) is 42.5 Å². The monoisotopic (exact) mass is 385 g/mol. The zero-order chi connectivity index (χ0) is 19.4. The number of hydrogen-bond acceptors (Lipinski definition) is 4. The summed E-state index contributed by atoms with van der Waals surface area (Å²) in [6.07, 6.45) is -1.20. The average Bonchev–Trinajstić information content (AvgIpc) is 2.76. The molecule has 0 radical (unpaired) electrons. The maximum absolute atomic E-state index is 13.4. The van der Waals surface area contributed by atoms with Crippen LogP contribution in [-0.2, 0) is 4.79 Å². The number of nitrogens with one attached hydrogen (secondary N) is 1. The number of para-hydroxylation sites is 1. The van der Waals surface area contributed by atoms with Crippen LogP contribution in [-0.4, -0.2) is 55.2 Å². The van der Waals surface area contributed by atoms with E-state index < -0.39 is 12.1 Å². The molecule has 2 atom stereocenters. The number of hydrogen-bond donors (Lipinski definition) is 2. The molecule has 0 fully saturated rings. The first kappa shape index (κ1) is 19.3. The molecular formula is C20H23N3O3S. The lowest BCUT2D eigenvalue weighted by Crippen LogP contribution is -2.51. The SMILES string of the molecule is CN(C)CCN1C(=O)[C@@H](NC(=O)O)[C@H](c2ccccc2)Sc2ccccc21. The molecule has 0 saturated heterocycles. The van der Waals surface area contributed by atoms with Crippen molar-refractivity contribution < 1.29 is 14.7 Å². The molecular weight excluding hydrogens is 362 g/mol. The Balaban J connectivity index is 2.06. The number of amides is 2. The molecule has 2 amide bonds. The second-order valence-electron chi connectivity index (χ2n) is 6.64. The Morgan fingerprint density at radius 1 is 1.15 bits per heavy atom. The molecule has 1 heterocycles. The Morgan fingerprint density at radius 2 is 1.81 bits per heavy atom. The van der Waals surface area contributed by atoms with Gasteiger partial charge in [0.1, 0.15) is 6.04 Å². The van der Waals surface area contributed by atoms with Gasteiger partial charge in [-0.05, 0) is 31.8 Å². The highest BCUT2D eigenvalue weighted by Gasteiger charge is 2.39. The van der Waals surface area contributed by atoms with Gasteiger partial charge in [0.2, 0.25) is 0 Å². The Kier molecular flexibility index (Phi) is 6.03. The van der Waals surface area contributed by atoms with E-state index in [-0.39, 0.29) is 11.2 Å². The van der Waals surface area contributed by atoms with Gasteiger partial charge < -0.3 is 20.2 Å². The van der Waals surface area contributed by atoms with E-state index in [9.17, 15) is 14.7 Å². The number of nitrogens with zero attached hydrogens (tertiary/aromatic N) is 2. The van der Waals surface area contributed by atoms with Gasteiger partial charge in [-0.2, -0.15) is 0 Å². The molecule has 6 nitrogen and oxygen atoms in total. The summed E-state index contributed by atoms with van der Waals surface area (Å²) in [6.45, 7) is 1.17. The molecule has 1 aliphatic rings. The molecule has 0 unspecified atom stereocenters. The van der Waals surface area contributed by atoms with E-state index in [1.54, 1.807) is 4.90 Å². The van der Waals surface area contributed by atoms with E-state index in [2.05, 4.69) is 5.32 Å². The van der Waals surface area contributed by atoms with Crippen molar-refractivity contribution in [1.29, 1.82) is 0 Å². The lowest BCUT2D eigenvalue weighted by atomic mass is 10.0. The number of likely N-dealkylation sites (N-methyl/N-ethyl adjacent to an activating group) is 1. The number of anilines is 1. The molecule has 0 bridgehead atoms. The minimum absolute atomic E-state index is 0.231. The van der Waals surface area contributed by atoms with E-state index in [1.807, 2.05) is 73.6 Å². The minimum atomic E-state index is -1.20. The van der Waals surface area contributed by atoms with E-state index >= 15 is 0 Å². The fraction of sp³-hybridized carbons (Fsp3) is 0.300. The number of carboxylic acid groups (broad SMARTS) is 1. The molecule has 142 valence electrons. The van der Waals surface area contributed by atoms with E-state index in [4.69, 9.17) is 0 Å². The van der Waals surface area contributed by atoms with Crippen molar-refractivity contribution in [2.45, 2.75) is 16.2 Å². The number of thioether (sulfide) groups is 1. The predicted molar refractivity (Wildman–Crippen MR) is 107 cm³/mol. The topological polar surface area (TPSA) is 72.9 Å². The van der Waals surface area contributed by atoms with Crippen LogP contribution in [0.15, 0.2) is 59.5 Å². The first-order chi connectivity index (χ1) is 13.0. The Labute approximate surface area is 163 Å². The summed E-state index contributed by atoms with van der Waals surface area (Å²) in [5, 5.41) is 11.5. The van der Waals surface area contributed by atoms with Crippen molar-refractivity contribution in [3.8, 4) is 0 Å². The summed E-state index contributed by atoms with van der Waals surface area (Å²) in [5.74, 6) is -0.231. The number of carbonyl (C=O) groups excluding carboxylic acids is 1. The molecule has 1 aliphatic heterocycles. The highest BCUT2D eigenvalue weighted by Crippen LogP contribution is 2.45. The van der Waals surface area contributed by atoms with E-state index in [0.29, 0.717) is 13.1 Å². The van der Waals surface area contributed by atoms with Crippen LogP contribution in [0.1, 0.15) is 10.8 Å². The molecule has 0 spiro atoms. The summed E-state index contributed by atoms with van der Waals surface area (Å²) in [6, 6.07) is 16.4. The van der Waals surface area contributed by atoms with Gasteiger partial charge in [0.05, 0.1) is 10.9 Å². The van der Waals surface area contributed by atoms with Gasteiger partial charge in [0.15, 0.2) is 0 Å². The molecule has 2 aromatic carbocycles. The molecule has 0 saturated carbocycles. The van der Waals surface area contributed by atoms with E-state index in [0.717, 1.165) is 16.1 Å².